The van der Waals surface area contributed by atoms with Crippen LogP contribution in [0.25, 0.3) is 0 Å². The summed E-state index contributed by atoms with van der Waals surface area (Å²) in [6, 6.07) is 3.73. The number of hydrogen-bond donors (Lipinski definition) is 3. The molecule has 4 N–H and O–H groups in total. The molecule has 1 aromatic carbocycles. The molecular weight excluding hydrogens is 236 g/mol. The number of carbonyl (C=O) groups excluding carboxylic acids is 1. The fourth-order valence-corrected chi connectivity index (χ4v) is 1.35. The summed E-state index contributed by atoms with van der Waals surface area (Å²) in [5, 5.41) is 11.5. The second-order valence-corrected chi connectivity index (χ2v) is 3.72. The number of amides is 1. The first-order valence-corrected chi connectivity index (χ1v) is 5.47. The zero-order chi connectivity index (χ0) is 13.7. The SMILES string of the molecule is CC[C@H](N)C(=O)Nc1ccc(OC)cc1C(=O)O. The van der Waals surface area contributed by atoms with Crippen molar-refractivity contribution in [3.05, 3.63) is 23.8 Å². The van der Waals surface area contributed by atoms with Crippen LogP contribution in [0.3, 0.4) is 0 Å². The van der Waals surface area contributed by atoms with Crippen LogP contribution in [-0.4, -0.2) is 30.1 Å². The average Bonchev–Trinajstić information content (AvgIpc) is 2.37. The van der Waals surface area contributed by atoms with Gasteiger partial charge in [-0.25, -0.2) is 4.79 Å². The van der Waals surface area contributed by atoms with Crippen LogP contribution >= 0.6 is 0 Å². The standard InChI is InChI=1S/C12H16N2O4/c1-3-9(13)11(15)14-10-5-4-7(18-2)6-8(10)12(16)17/h4-6,9H,3,13H2,1-2H3,(H,14,15)(H,16,17)/t9-/m0/s1. The minimum absolute atomic E-state index is 0.0361. The lowest BCUT2D eigenvalue weighted by Crippen LogP contribution is -2.35. The molecule has 0 unspecified atom stereocenters. The summed E-state index contributed by atoms with van der Waals surface area (Å²) in [7, 11) is 1.44. The second-order valence-electron chi connectivity index (χ2n) is 3.72. The van der Waals surface area contributed by atoms with Crippen molar-refractivity contribution in [3.63, 3.8) is 0 Å². The molecule has 0 aliphatic heterocycles. The molecule has 18 heavy (non-hydrogen) atoms. The second kappa shape index (κ2) is 6.02. The van der Waals surface area contributed by atoms with Gasteiger partial charge in [-0.15, -0.1) is 0 Å². The Bertz CT molecular complexity index is 459. The lowest BCUT2D eigenvalue weighted by atomic mass is 10.1. The Balaban J connectivity index is 3.01. The summed E-state index contributed by atoms with van der Waals surface area (Å²) in [4.78, 5) is 22.7. The first kappa shape index (κ1) is 14.0. The maximum atomic E-state index is 11.6. The van der Waals surface area contributed by atoms with Crippen LogP contribution in [0.4, 0.5) is 5.69 Å². The van der Waals surface area contributed by atoms with Gasteiger partial charge in [-0.05, 0) is 24.6 Å². The van der Waals surface area contributed by atoms with E-state index < -0.39 is 17.9 Å². The molecule has 0 aliphatic rings. The van der Waals surface area contributed by atoms with Crippen molar-refractivity contribution in [2.45, 2.75) is 19.4 Å². The number of methoxy groups -OCH3 is 1. The van der Waals surface area contributed by atoms with Gasteiger partial charge in [0, 0.05) is 0 Å². The van der Waals surface area contributed by atoms with Gasteiger partial charge in [0.2, 0.25) is 5.91 Å². The number of hydrogen-bond acceptors (Lipinski definition) is 4. The number of rotatable bonds is 5. The molecule has 0 heterocycles. The number of benzene rings is 1. The topological polar surface area (TPSA) is 102 Å². The smallest absolute Gasteiger partial charge is 0.337 e. The van der Waals surface area contributed by atoms with Crippen molar-refractivity contribution in [3.8, 4) is 5.75 Å². The number of nitrogens with one attached hydrogen (secondary N) is 1. The zero-order valence-corrected chi connectivity index (χ0v) is 10.3. The fraction of sp³-hybridized carbons (Fsp3) is 0.333. The van der Waals surface area contributed by atoms with E-state index in [-0.39, 0.29) is 11.3 Å². The predicted molar refractivity (Wildman–Crippen MR) is 66.8 cm³/mol. The molecule has 1 amide bonds. The minimum Gasteiger partial charge on any atom is -0.497 e. The normalized spacial score (nSPS) is 11.7. The van der Waals surface area contributed by atoms with E-state index in [4.69, 9.17) is 15.6 Å². The molecule has 0 aliphatic carbocycles. The third-order valence-electron chi connectivity index (χ3n) is 2.49. The molecule has 0 radical (unpaired) electrons. The summed E-state index contributed by atoms with van der Waals surface area (Å²) in [5.74, 6) is -1.15. The van der Waals surface area contributed by atoms with Crippen LogP contribution in [0.1, 0.15) is 23.7 Å². The highest BCUT2D eigenvalue weighted by atomic mass is 16.5. The fourth-order valence-electron chi connectivity index (χ4n) is 1.35. The molecule has 0 bridgehead atoms. The van der Waals surface area contributed by atoms with Gasteiger partial charge >= 0.3 is 5.97 Å². The Labute approximate surface area is 105 Å². The number of anilines is 1. The van der Waals surface area contributed by atoms with Gasteiger partial charge in [0.05, 0.1) is 24.4 Å². The van der Waals surface area contributed by atoms with E-state index in [1.54, 1.807) is 13.0 Å². The van der Waals surface area contributed by atoms with Crippen molar-refractivity contribution in [2.24, 2.45) is 5.73 Å². The number of aromatic carboxylic acids is 1. The Kier molecular flexibility index (Phi) is 4.67. The summed E-state index contributed by atoms with van der Waals surface area (Å²) in [6.45, 7) is 1.77. The van der Waals surface area contributed by atoms with E-state index in [1.807, 2.05) is 0 Å². The average molecular weight is 252 g/mol. The molecule has 98 valence electrons. The third kappa shape index (κ3) is 3.21. The van der Waals surface area contributed by atoms with E-state index in [2.05, 4.69) is 5.32 Å². The van der Waals surface area contributed by atoms with Gasteiger partial charge in [0.25, 0.3) is 0 Å². The van der Waals surface area contributed by atoms with Crippen molar-refractivity contribution < 1.29 is 19.4 Å². The first-order valence-electron chi connectivity index (χ1n) is 5.47. The summed E-state index contributed by atoms with van der Waals surface area (Å²) in [5.41, 5.74) is 5.73. The lowest BCUT2D eigenvalue weighted by molar-refractivity contribution is -0.117. The number of carboxylic acids is 1. The Morgan fingerprint density at radius 3 is 2.67 bits per heavy atom. The Morgan fingerprint density at radius 1 is 1.50 bits per heavy atom. The van der Waals surface area contributed by atoms with Gasteiger partial charge in [0.1, 0.15) is 5.75 Å². The predicted octanol–water partition coefficient (Wildman–Crippen LogP) is 1.07. The number of nitrogens with two attached hydrogens (primary N) is 1. The molecular formula is C12H16N2O4. The number of ether oxygens (including phenoxy) is 1. The van der Waals surface area contributed by atoms with Crippen LogP contribution in [0.5, 0.6) is 5.75 Å². The zero-order valence-electron chi connectivity index (χ0n) is 10.3. The summed E-state index contributed by atoms with van der Waals surface area (Å²) < 4.78 is 4.93. The molecule has 0 saturated heterocycles. The van der Waals surface area contributed by atoms with E-state index in [9.17, 15) is 9.59 Å². The highest BCUT2D eigenvalue weighted by Crippen LogP contribution is 2.22. The molecule has 6 nitrogen and oxygen atoms in total. The summed E-state index contributed by atoms with van der Waals surface area (Å²) in [6.07, 6.45) is 0.477. The van der Waals surface area contributed by atoms with Crippen LogP contribution in [-0.2, 0) is 4.79 Å². The van der Waals surface area contributed by atoms with Gasteiger partial charge in [0.15, 0.2) is 0 Å². The lowest BCUT2D eigenvalue weighted by Gasteiger charge is -2.12. The molecule has 6 heteroatoms. The van der Waals surface area contributed by atoms with E-state index in [1.165, 1.54) is 19.2 Å². The van der Waals surface area contributed by atoms with Crippen LogP contribution in [0.15, 0.2) is 18.2 Å². The molecule has 1 rings (SSSR count). The van der Waals surface area contributed by atoms with Crippen molar-refractivity contribution in [2.75, 3.05) is 12.4 Å². The molecule has 0 saturated carbocycles. The summed E-state index contributed by atoms with van der Waals surface area (Å²) >= 11 is 0. The van der Waals surface area contributed by atoms with Crippen LogP contribution in [0, 0.1) is 0 Å². The molecule has 0 aromatic heterocycles. The van der Waals surface area contributed by atoms with E-state index in [0.29, 0.717) is 12.2 Å². The maximum Gasteiger partial charge on any atom is 0.337 e. The monoisotopic (exact) mass is 252 g/mol. The molecule has 0 spiro atoms. The van der Waals surface area contributed by atoms with Gasteiger partial charge in [-0.3, -0.25) is 4.79 Å². The minimum atomic E-state index is -1.14. The van der Waals surface area contributed by atoms with E-state index in [0.717, 1.165) is 0 Å². The van der Waals surface area contributed by atoms with E-state index >= 15 is 0 Å². The van der Waals surface area contributed by atoms with Gasteiger partial charge < -0.3 is 20.9 Å². The first-order chi connectivity index (χ1) is 8.49. The highest BCUT2D eigenvalue weighted by Gasteiger charge is 2.16. The third-order valence-corrected chi connectivity index (χ3v) is 2.49. The van der Waals surface area contributed by atoms with Crippen molar-refractivity contribution in [1.29, 1.82) is 0 Å². The number of carboxylic acid groups (broad SMARTS) is 1. The van der Waals surface area contributed by atoms with Crippen molar-refractivity contribution in [1.82, 2.24) is 0 Å². The maximum absolute atomic E-state index is 11.6. The largest absolute Gasteiger partial charge is 0.497 e. The van der Waals surface area contributed by atoms with Crippen LogP contribution < -0.4 is 15.8 Å². The van der Waals surface area contributed by atoms with Gasteiger partial charge in [-0.2, -0.15) is 0 Å². The highest BCUT2D eigenvalue weighted by molar-refractivity contribution is 6.02. The molecule has 0 fully saturated rings. The molecule has 1 aromatic rings. The van der Waals surface area contributed by atoms with Crippen LogP contribution in [0.2, 0.25) is 0 Å². The Morgan fingerprint density at radius 2 is 2.17 bits per heavy atom. The van der Waals surface area contributed by atoms with Gasteiger partial charge in [-0.1, -0.05) is 6.92 Å². The Hall–Kier alpha value is -2.08. The van der Waals surface area contributed by atoms with Crippen molar-refractivity contribution >= 4 is 17.6 Å². The molecule has 1 atom stereocenters. The quantitative estimate of drug-likeness (QED) is 0.727. The number of carbonyl (C=O) groups is 2.